The molecule has 0 fully saturated rings. The predicted molar refractivity (Wildman–Crippen MR) is 61.3 cm³/mol. The average Bonchev–Trinajstić information content (AvgIpc) is 1.96. The van der Waals surface area contributed by atoms with Crippen molar-refractivity contribution < 1.29 is 26.7 Å². The van der Waals surface area contributed by atoms with E-state index in [0.717, 1.165) is 0 Å². The summed E-state index contributed by atoms with van der Waals surface area (Å²) in [4.78, 5) is 0. The van der Waals surface area contributed by atoms with Crippen LogP contribution in [0.5, 0.6) is 0 Å². The van der Waals surface area contributed by atoms with Crippen molar-refractivity contribution in [1.82, 2.24) is 0 Å². The van der Waals surface area contributed by atoms with Crippen molar-refractivity contribution in [1.29, 1.82) is 0 Å². The van der Waals surface area contributed by atoms with Crippen LogP contribution in [0.3, 0.4) is 0 Å². The summed E-state index contributed by atoms with van der Waals surface area (Å²) in [5, 5.41) is -4.29. The maximum atomic E-state index is 13.2. The summed E-state index contributed by atoms with van der Waals surface area (Å²) in [5.41, 5.74) is 0. The summed E-state index contributed by atoms with van der Waals surface area (Å²) < 4.78 is 61.0. The van der Waals surface area contributed by atoms with Crippen LogP contribution in [0.15, 0.2) is 0 Å². The number of hydrogen-bond acceptors (Lipinski definition) is 1. The van der Waals surface area contributed by atoms with Crippen molar-refractivity contribution in [2.45, 2.75) is 24.9 Å². The zero-order chi connectivity index (χ0) is 15.2. The fourth-order valence-corrected chi connectivity index (χ4v) is 0.991. The van der Waals surface area contributed by atoms with E-state index in [1.807, 2.05) is 0 Å². The lowest BCUT2D eigenvalue weighted by atomic mass is 10.3. The molecule has 0 heterocycles. The second-order valence-corrected chi connectivity index (χ2v) is 7.75. The first-order valence-electron chi connectivity index (χ1n) is 3.43. The van der Waals surface area contributed by atoms with Crippen LogP contribution in [0.2, 0.25) is 0 Å². The molecule has 0 N–H and O–H groups in total. The number of halogens is 12. The average molecular weight is 419 g/mol. The van der Waals surface area contributed by atoms with Crippen LogP contribution in [0.4, 0.5) is 22.0 Å². The van der Waals surface area contributed by atoms with Crippen molar-refractivity contribution in [3.63, 3.8) is 0 Å². The van der Waals surface area contributed by atoms with Gasteiger partial charge >= 0.3 is 17.3 Å². The largest absolute Gasteiger partial charge is 0.427 e. The Labute approximate surface area is 132 Å². The van der Waals surface area contributed by atoms with E-state index in [-0.39, 0.29) is 0 Å². The summed E-state index contributed by atoms with van der Waals surface area (Å²) in [5.74, 6) is -5.45. The van der Waals surface area contributed by atoms with E-state index >= 15 is 0 Å². The zero-order valence-electron chi connectivity index (χ0n) is 7.44. The summed E-state index contributed by atoms with van der Waals surface area (Å²) in [6.45, 7) is 0. The van der Waals surface area contributed by atoms with E-state index in [2.05, 4.69) is 51.1 Å². The minimum atomic E-state index is -5.67. The number of rotatable bonds is 3. The van der Waals surface area contributed by atoms with Gasteiger partial charge in [-0.15, -0.1) is 0 Å². The topological polar surface area (TPSA) is 9.23 Å². The molecule has 1 nitrogen and oxygen atoms in total. The van der Waals surface area contributed by atoms with Gasteiger partial charge in [-0.3, -0.25) is 4.74 Å². The second-order valence-electron chi connectivity index (χ2n) is 2.71. The second kappa shape index (κ2) is 5.44. The molecule has 0 aliphatic heterocycles. The highest BCUT2D eigenvalue weighted by Gasteiger charge is 2.73. The van der Waals surface area contributed by atoms with Crippen LogP contribution in [0.25, 0.3) is 0 Å². The van der Waals surface area contributed by atoms with Crippen LogP contribution in [0.1, 0.15) is 0 Å². The fraction of sp³-hybridized carbons (Fsp3) is 1.00. The summed E-state index contributed by atoms with van der Waals surface area (Å²) in [6.07, 6.45) is -5.67. The van der Waals surface area contributed by atoms with Gasteiger partial charge in [0.1, 0.15) is 0 Å². The van der Waals surface area contributed by atoms with Crippen LogP contribution < -0.4 is 0 Å². The van der Waals surface area contributed by atoms with Crippen molar-refractivity contribution >= 4 is 81.2 Å². The number of ether oxygens (including phenoxy) is 1. The molecule has 0 bridgehead atoms. The Kier molecular flexibility index (Phi) is 5.94. The molecule has 0 spiro atoms. The minimum absolute atomic E-state index is 2.95. The molecule has 0 aromatic rings. The highest BCUT2D eigenvalue weighted by Crippen LogP contribution is 2.55. The van der Waals surface area contributed by atoms with Gasteiger partial charge in [0.15, 0.2) is 0 Å². The lowest BCUT2D eigenvalue weighted by Crippen LogP contribution is -2.56. The van der Waals surface area contributed by atoms with E-state index in [1.54, 1.807) is 0 Å². The molecule has 0 aromatic heterocycles. The Morgan fingerprint density at radius 3 is 1.17 bits per heavy atom. The number of alkyl halides is 12. The molecular weight excluding hydrogens is 419 g/mol. The fourth-order valence-electron chi connectivity index (χ4n) is 0.448. The maximum absolute atomic E-state index is 13.2. The molecule has 1 unspecified atom stereocenters. The third-order valence-electron chi connectivity index (χ3n) is 1.31. The summed E-state index contributed by atoms with van der Waals surface area (Å²) in [6, 6.07) is 0. The molecule has 110 valence electrons. The molecule has 0 aliphatic carbocycles. The minimum Gasteiger partial charge on any atom is -0.261 e. The lowest BCUT2D eigenvalue weighted by molar-refractivity contribution is -0.383. The van der Waals surface area contributed by atoms with Crippen LogP contribution in [-0.2, 0) is 4.74 Å². The van der Waals surface area contributed by atoms with Gasteiger partial charge < -0.3 is 0 Å². The molecule has 0 amide bonds. The Bertz CT molecular complexity index is 308. The van der Waals surface area contributed by atoms with Crippen molar-refractivity contribution in [2.24, 2.45) is 0 Å². The highest BCUT2D eigenvalue weighted by atomic mass is 35.6. The summed E-state index contributed by atoms with van der Waals surface area (Å²) >= 11 is 32.9. The molecule has 0 aliphatic rings. The molecule has 0 rings (SSSR count). The maximum Gasteiger partial charge on any atom is 0.427 e. The van der Waals surface area contributed by atoms with E-state index in [4.69, 9.17) is 34.8 Å². The molecule has 1 atom stereocenters. The van der Waals surface area contributed by atoms with Gasteiger partial charge in [-0.1, -0.05) is 69.6 Å². The third kappa shape index (κ3) is 4.07. The van der Waals surface area contributed by atoms with Gasteiger partial charge in [-0.2, -0.15) is 22.0 Å². The first kappa shape index (κ1) is 19.6. The SMILES string of the molecule is FC(F)(OC(F)(Cl)C(Cl)(Cl)Cl)C(F)(F)C(Cl)(Cl)Cl. The molecular formula is C5Cl7F5O. The first-order valence-corrected chi connectivity index (χ1v) is 6.07. The van der Waals surface area contributed by atoms with Crippen molar-refractivity contribution in [3.8, 4) is 0 Å². The Hall–Kier alpha value is 1.64. The number of hydrogen-bond donors (Lipinski definition) is 0. The van der Waals surface area contributed by atoms with E-state index < -0.39 is 24.9 Å². The van der Waals surface area contributed by atoms with E-state index in [9.17, 15) is 22.0 Å². The lowest BCUT2D eigenvalue weighted by Gasteiger charge is -2.35. The van der Waals surface area contributed by atoms with E-state index in [0.29, 0.717) is 0 Å². The molecule has 18 heavy (non-hydrogen) atoms. The highest BCUT2D eigenvalue weighted by molar-refractivity contribution is 6.70. The van der Waals surface area contributed by atoms with Crippen molar-refractivity contribution in [2.75, 3.05) is 0 Å². The Balaban J connectivity index is 5.33. The molecule has 13 heteroatoms. The summed E-state index contributed by atoms with van der Waals surface area (Å²) in [7, 11) is 0. The van der Waals surface area contributed by atoms with Gasteiger partial charge in [-0.25, -0.2) is 0 Å². The first-order chi connectivity index (χ1) is 7.46. The van der Waals surface area contributed by atoms with Gasteiger partial charge in [0.2, 0.25) is 0 Å². The van der Waals surface area contributed by atoms with Crippen LogP contribution >= 0.6 is 81.2 Å². The molecule has 0 aromatic carbocycles. The monoisotopic (exact) mass is 416 g/mol. The van der Waals surface area contributed by atoms with Gasteiger partial charge in [0.25, 0.3) is 7.59 Å². The molecule has 0 saturated heterocycles. The molecule has 0 radical (unpaired) electrons. The third-order valence-corrected chi connectivity index (χ3v) is 3.40. The quantitative estimate of drug-likeness (QED) is 0.413. The normalized spacial score (nSPS) is 18.7. The Morgan fingerprint density at radius 2 is 0.944 bits per heavy atom. The smallest absolute Gasteiger partial charge is 0.261 e. The van der Waals surface area contributed by atoms with E-state index in [1.165, 1.54) is 0 Å². The Morgan fingerprint density at radius 1 is 0.611 bits per heavy atom. The van der Waals surface area contributed by atoms with Gasteiger partial charge in [-0.05, 0) is 11.6 Å². The standard InChI is InChI=1S/C5Cl7F5O/c6-2(7,8)1(13,14)5(16,17)18-4(12,15)3(9,10)11. The van der Waals surface area contributed by atoms with Crippen LogP contribution in [0, 0.1) is 0 Å². The zero-order valence-corrected chi connectivity index (χ0v) is 12.7. The molecule has 0 saturated carbocycles. The van der Waals surface area contributed by atoms with Crippen LogP contribution in [-0.4, -0.2) is 24.9 Å². The predicted octanol–water partition coefficient (Wildman–Crippen LogP) is 5.83. The van der Waals surface area contributed by atoms with Gasteiger partial charge in [0.05, 0.1) is 0 Å². The van der Waals surface area contributed by atoms with Crippen molar-refractivity contribution in [3.05, 3.63) is 0 Å². The van der Waals surface area contributed by atoms with Gasteiger partial charge in [0, 0.05) is 0 Å².